The van der Waals surface area contributed by atoms with Crippen LogP contribution in [0.25, 0.3) is 22.6 Å². The van der Waals surface area contributed by atoms with Gasteiger partial charge in [-0.3, -0.25) is 4.79 Å². The molecule has 6 heteroatoms. The summed E-state index contributed by atoms with van der Waals surface area (Å²) in [5.74, 6) is 1.43. The second-order valence-electron chi connectivity index (χ2n) is 6.27. The highest BCUT2D eigenvalue weighted by Gasteiger charge is 2.24. The number of hydrazone groups is 1. The maximum Gasteiger partial charge on any atom is 0.240 e. The number of amides is 1. The lowest BCUT2D eigenvalue weighted by Gasteiger charge is -2.21. The summed E-state index contributed by atoms with van der Waals surface area (Å²) in [5.41, 5.74) is 6.78. The van der Waals surface area contributed by atoms with Gasteiger partial charge in [-0.15, -0.1) is 0 Å². The topological polar surface area (TPSA) is 76.7 Å². The van der Waals surface area contributed by atoms with Crippen LogP contribution in [0.15, 0.2) is 52.0 Å². The number of oxazole rings is 1. The van der Waals surface area contributed by atoms with E-state index in [1.54, 1.807) is 7.11 Å². The number of carbonyl (C=O) groups excluding carboxylic acids is 1. The number of hydrogen-bond donors (Lipinski definition) is 1. The van der Waals surface area contributed by atoms with Gasteiger partial charge in [0.2, 0.25) is 11.8 Å². The lowest BCUT2D eigenvalue weighted by atomic mass is 9.90. The quantitative estimate of drug-likeness (QED) is 0.778. The monoisotopic (exact) mass is 349 g/mol. The van der Waals surface area contributed by atoms with Gasteiger partial charge in [0.1, 0.15) is 11.3 Å². The fraction of sp³-hybridized carbons (Fsp3) is 0.250. The Balaban J connectivity index is 1.70. The first kappa shape index (κ1) is 16.3. The van der Waals surface area contributed by atoms with Gasteiger partial charge < -0.3 is 9.15 Å². The molecule has 0 aliphatic carbocycles. The van der Waals surface area contributed by atoms with Crippen molar-refractivity contribution in [3.05, 3.63) is 48.0 Å². The average Bonchev–Trinajstić information content (AvgIpc) is 3.11. The van der Waals surface area contributed by atoms with E-state index in [4.69, 9.17) is 9.15 Å². The highest BCUT2D eigenvalue weighted by molar-refractivity contribution is 6.07. The minimum Gasteiger partial charge on any atom is -0.497 e. The van der Waals surface area contributed by atoms with Crippen molar-refractivity contribution < 1.29 is 13.9 Å². The summed E-state index contributed by atoms with van der Waals surface area (Å²) in [6, 6.07) is 13.4. The summed E-state index contributed by atoms with van der Waals surface area (Å²) in [7, 11) is 1.63. The number of fused-ring (bicyclic) bond motifs is 1. The van der Waals surface area contributed by atoms with Crippen LogP contribution in [-0.4, -0.2) is 23.7 Å². The van der Waals surface area contributed by atoms with Crippen LogP contribution in [-0.2, 0) is 4.79 Å². The number of aromatic nitrogens is 1. The molecule has 0 radical (unpaired) electrons. The Kier molecular flexibility index (Phi) is 4.16. The Morgan fingerprint density at radius 2 is 1.96 bits per heavy atom. The average molecular weight is 349 g/mol. The third-order valence-electron chi connectivity index (χ3n) is 4.63. The van der Waals surface area contributed by atoms with Crippen LogP contribution in [0.3, 0.4) is 0 Å². The van der Waals surface area contributed by atoms with Crippen LogP contribution in [0, 0.1) is 5.92 Å². The van der Waals surface area contributed by atoms with Crippen LogP contribution in [0.1, 0.15) is 25.3 Å². The molecule has 1 N–H and O–H groups in total. The molecule has 6 nitrogen and oxygen atoms in total. The Labute approximate surface area is 150 Å². The lowest BCUT2D eigenvalue weighted by molar-refractivity contribution is -0.122. The number of nitrogens with one attached hydrogen (secondary N) is 1. The van der Waals surface area contributed by atoms with E-state index in [2.05, 4.69) is 22.4 Å². The molecule has 1 aliphatic heterocycles. The van der Waals surface area contributed by atoms with Crippen molar-refractivity contribution in [3.63, 3.8) is 0 Å². The number of hydrogen-bond acceptors (Lipinski definition) is 5. The number of carbonyl (C=O) groups is 1. The summed E-state index contributed by atoms with van der Waals surface area (Å²) in [6.07, 6.45) is 1.32. The first-order valence-corrected chi connectivity index (χ1v) is 8.59. The normalized spacial score (nSPS) is 17.1. The van der Waals surface area contributed by atoms with Gasteiger partial charge in [-0.1, -0.05) is 13.0 Å². The third kappa shape index (κ3) is 2.94. The minimum atomic E-state index is -0.0388. The fourth-order valence-corrected chi connectivity index (χ4v) is 3.16. The minimum absolute atomic E-state index is 0.0388. The molecular formula is C20H19N3O3. The van der Waals surface area contributed by atoms with Gasteiger partial charge in [0.15, 0.2) is 5.58 Å². The number of rotatable bonds is 4. The molecule has 1 aromatic heterocycles. The molecule has 2 heterocycles. The maximum atomic E-state index is 11.6. The zero-order chi connectivity index (χ0) is 18.1. The molecule has 1 atom stereocenters. The predicted molar refractivity (Wildman–Crippen MR) is 99.1 cm³/mol. The molecule has 4 rings (SSSR count). The molecule has 26 heavy (non-hydrogen) atoms. The summed E-state index contributed by atoms with van der Waals surface area (Å²) in [4.78, 5) is 16.1. The van der Waals surface area contributed by atoms with E-state index in [0.717, 1.165) is 34.5 Å². The van der Waals surface area contributed by atoms with E-state index in [-0.39, 0.29) is 11.8 Å². The molecule has 0 saturated heterocycles. The molecule has 1 aliphatic rings. The smallest absolute Gasteiger partial charge is 0.240 e. The van der Waals surface area contributed by atoms with Gasteiger partial charge in [-0.05, 0) is 42.8 Å². The third-order valence-corrected chi connectivity index (χ3v) is 4.63. The van der Waals surface area contributed by atoms with Crippen molar-refractivity contribution in [1.29, 1.82) is 0 Å². The second-order valence-corrected chi connectivity index (χ2v) is 6.27. The second kappa shape index (κ2) is 6.63. The molecule has 132 valence electrons. The van der Waals surface area contributed by atoms with Gasteiger partial charge in [0.05, 0.1) is 12.8 Å². The van der Waals surface area contributed by atoms with Gasteiger partial charge in [-0.25, -0.2) is 10.4 Å². The van der Waals surface area contributed by atoms with Crippen LogP contribution in [0.5, 0.6) is 5.75 Å². The standard InChI is InChI=1S/C20H19N3O3/c1-3-12-11-18(24)22-23-19(12)14-6-9-16-17(10-14)26-20(21-16)13-4-7-15(25-2)8-5-13/h4-10,12H,3,11H2,1-2H3,(H,22,24)/t12-/m1/s1. The van der Waals surface area contributed by atoms with E-state index in [9.17, 15) is 4.79 Å². The first-order valence-electron chi connectivity index (χ1n) is 8.59. The summed E-state index contributed by atoms with van der Waals surface area (Å²) < 4.78 is 11.1. The number of nitrogens with zero attached hydrogens (tertiary/aromatic N) is 2. The molecule has 0 unspecified atom stereocenters. The van der Waals surface area contributed by atoms with Crippen molar-refractivity contribution in [2.45, 2.75) is 19.8 Å². The largest absolute Gasteiger partial charge is 0.497 e. The zero-order valence-electron chi connectivity index (χ0n) is 14.7. The van der Waals surface area contributed by atoms with Crippen molar-refractivity contribution in [2.24, 2.45) is 11.0 Å². The maximum absolute atomic E-state index is 11.6. The van der Waals surface area contributed by atoms with Gasteiger partial charge >= 0.3 is 0 Å². The molecular weight excluding hydrogens is 330 g/mol. The van der Waals surface area contributed by atoms with Crippen molar-refractivity contribution >= 4 is 22.7 Å². The molecule has 0 saturated carbocycles. The molecule has 0 bridgehead atoms. The number of benzene rings is 2. The van der Waals surface area contributed by atoms with Crippen molar-refractivity contribution in [3.8, 4) is 17.2 Å². The van der Waals surface area contributed by atoms with Crippen LogP contribution in [0.4, 0.5) is 0 Å². The van der Waals surface area contributed by atoms with E-state index >= 15 is 0 Å². The zero-order valence-corrected chi connectivity index (χ0v) is 14.7. The highest BCUT2D eigenvalue weighted by atomic mass is 16.5. The van der Waals surface area contributed by atoms with Crippen LogP contribution < -0.4 is 10.2 Å². The molecule has 2 aromatic carbocycles. The molecule has 3 aromatic rings. The van der Waals surface area contributed by atoms with Gasteiger partial charge in [0.25, 0.3) is 0 Å². The highest BCUT2D eigenvalue weighted by Crippen LogP contribution is 2.28. The lowest BCUT2D eigenvalue weighted by Crippen LogP contribution is -2.33. The first-order chi connectivity index (χ1) is 12.7. The summed E-state index contributed by atoms with van der Waals surface area (Å²) in [6.45, 7) is 2.06. The Morgan fingerprint density at radius 1 is 1.19 bits per heavy atom. The molecule has 1 amide bonds. The van der Waals surface area contributed by atoms with Crippen molar-refractivity contribution in [2.75, 3.05) is 7.11 Å². The fourth-order valence-electron chi connectivity index (χ4n) is 3.16. The van der Waals surface area contributed by atoms with E-state index < -0.39 is 0 Å². The number of methoxy groups -OCH3 is 1. The van der Waals surface area contributed by atoms with Crippen molar-refractivity contribution in [1.82, 2.24) is 10.4 Å². The predicted octanol–water partition coefficient (Wildman–Crippen LogP) is 3.75. The van der Waals surface area contributed by atoms with E-state index in [1.807, 2.05) is 42.5 Å². The van der Waals surface area contributed by atoms with Gasteiger partial charge in [0, 0.05) is 23.5 Å². The van der Waals surface area contributed by atoms with Gasteiger partial charge in [-0.2, -0.15) is 5.10 Å². The Morgan fingerprint density at radius 3 is 2.69 bits per heavy atom. The van der Waals surface area contributed by atoms with E-state index in [1.165, 1.54) is 0 Å². The summed E-state index contributed by atoms with van der Waals surface area (Å²) in [5, 5.41) is 4.26. The van der Waals surface area contributed by atoms with E-state index in [0.29, 0.717) is 17.9 Å². The molecule has 0 fully saturated rings. The Bertz CT molecular complexity index is 989. The van der Waals surface area contributed by atoms with Crippen LogP contribution >= 0.6 is 0 Å². The summed E-state index contributed by atoms with van der Waals surface area (Å²) >= 11 is 0. The van der Waals surface area contributed by atoms with Crippen LogP contribution in [0.2, 0.25) is 0 Å². The SMILES string of the molecule is CC[C@@H]1CC(=O)NN=C1c1ccc2nc(-c3ccc(OC)cc3)oc2c1. The Hall–Kier alpha value is -3.15. The number of ether oxygens (including phenoxy) is 1. The molecule has 0 spiro atoms.